The lowest BCUT2D eigenvalue weighted by molar-refractivity contribution is -0.140. The fourth-order valence-corrected chi connectivity index (χ4v) is 2.96. The molecule has 1 heterocycles. The fraction of sp³-hybridized carbons (Fsp3) is 0.273. The molecule has 1 aromatic carbocycles. The minimum Gasteiger partial charge on any atom is -0.480 e. The number of hydrogen-bond acceptors (Lipinski definition) is 6. The lowest BCUT2D eigenvalue weighted by atomic mass is 10.3. The first-order valence-corrected chi connectivity index (χ1v) is 7.32. The number of benzene rings is 1. The van der Waals surface area contributed by atoms with Crippen molar-refractivity contribution < 1.29 is 18.3 Å². The lowest BCUT2D eigenvalue weighted by Crippen LogP contribution is -2.40. The third kappa shape index (κ3) is 2.90. The summed E-state index contributed by atoms with van der Waals surface area (Å²) in [4.78, 5) is 10.9. The molecule has 1 atom stereocenters. The van der Waals surface area contributed by atoms with Crippen LogP contribution in [0.5, 0.6) is 0 Å². The van der Waals surface area contributed by atoms with Crippen LogP contribution in [-0.4, -0.2) is 57.1 Å². The van der Waals surface area contributed by atoms with Crippen LogP contribution in [0.3, 0.4) is 0 Å². The summed E-state index contributed by atoms with van der Waals surface area (Å²) in [6.45, 7) is 1.30. The van der Waals surface area contributed by atoms with Crippen molar-refractivity contribution >= 4 is 16.0 Å². The first-order chi connectivity index (χ1) is 9.84. The van der Waals surface area contributed by atoms with Crippen LogP contribution in [0.4, 0.5) is 0 Å². The van der Waals surface area contributed by atoms with Crippen molar-refractivity contribution in [3.63, 3.8) is 0 Å². The normalized spacial score (nSPS) is 13.3. The highest BCUT2D eigenvalue weighted by Crippen LogP contribution is 2.19. The van der Waals surface area contributed by atoms with Gasteiger partial charge in [-0.3, -0.25) is 4.79 Å². The van der Waals surface area contributed by atoms with Crippen LogP contribution in [0.2, 0.25) is 0 Å². The number of aromatic nitrogens is 4. The van der Waals surface area contributed by atoms with E-state index in [9.17, 15) is 13.2 Å². The molecule has 0 fully saturated rings. The van der Waals surface area contributed by atoms with Crippen molar-refractivity contribution in [1.82, 2.24) is 24.5 Å². The zero-order valence-corrected chi connectivity index (χ0v) is 12.1. The number of hydrogen-bond donors (Lipinski definition) is 1. The molecular formula is C11H13N5O4S. The summed E-state index contributed by atoms with van der Waals surface area (Å²) in [7, 11) is -2.71. The summed E-state index contributed by atoms with van der Waals surface area (Å²) in [5.74, 6) is -1.22. The molecule has 10 heteroatoms. The molecule has 1 aromatic heterocycles. The molecule has 112 valence electrons. The van der Waals surface area contributed by atoms with Gasteiger partial charge in [-0.2, -0.15) is 4.31 Å². The van der Waals surface area contributed by atoms with Crippen molar-refractivity contribution in [1.29, 1.82) is 0 Å². The maximum absolute atomic E-state index is 12.4. The molecular weight excluding hydrogens is 298 g/mol. The standard InChI is InChI=1S/C11H13N5O4S/c1-8(11(17)18)15(2)21(19,20)10-5-3-4-9(6-10)16-7-12-13-14-16/h3-8H,1-2H3,(H,17,18). The summed E-state index contributed by atoms with van der Waals surface area (Å²) in [6.07, 6.45) is 1.33. The molecule has 21 heavy (non-hydrogen) atoms. The molecule has 1 unspecified atom stereocenters. The minimum atomic E-state index is -3.93. The van der Waals surface area contributed by atoms with Crippen LogP contribution in [0.1, 0.15) is 6.92 Å². The van der Waals surface area contributed by atoms with E-state index in [1.54, 1.807) is 6.07 Å². The Morgan fingerprint density at radius 3 is 2.71 bits per heavy atom. The molecule has 2 rings (SSSR count). The SMILES string of the molecule is CC(C(=O)O)N(C)S(=O)(=O)c1cccc(-n2cnnn2)c1. The number of carbonyl (C=O) groups is 1. The largest absolute Gasteiger partial charge is 0.480 e. The number of aliphatic carboxylic acids is 1. The molecule has 0 saturated carbocycles. The average Bonchev–Trinajstić information content (AvgIpc) is 2.99. The lowest BCUT2D eigenvalue weighted by Gasteiger charge is -2.21. The number of carboxylic acid groups (broad SMARTS) is 1. The van der Waals surface area contributed by atoms with Gasteiger partial charge in [0.05, 0.1) is 10.6 Å². The van der Waals surface area contributed by atoms with Gasteiger partial charge in [0, 0.05) is 7.05 Å². The van der Waals surface area contributed by atoms with Gasteiger partial charge >= 0.3 is 5.97 Å². The van der Waals surface area contributed by atoms with Crippen molar-refractivity contribution in [3.05, 3.63) is 30.6 Å². The summed E-state index contributed by atoms with van der Waals surface area (Å²) < 4.78 is 26.9. The van der Waals surface area contributed by atoms with E-state index in [1.807, 2.05) is 0 Å². The monoisotopic (exact) mass is 311 g/mol. The summed E-state index contributed by atoms with van der Waals surface area (Å²) in [6, 6.07) is 4.75. The molecule has 0 radical (unpaired) electrons. The van der Waals surface area contributed by atoms with Gasteiger partial charge in [-0.05, 0) is 35.5 Å². The zero-order valence-electron chi connectivity index (χ0n) is 11.3. The second-order valence-corrected chi connectivity index (χ2v) is 6.28. The number of rotatable bonds is 5. The Morgan fingerprint density at radius 2 is 2.14 bits per heavy atom. The summed E-state index contributed by atoms with van der Waals surface area (Å²) >= 11 is 0. The van der Waals surface area contributed by atoms with E-state index in [-0.39, 0.29) is 4.90 Å². The average molecular weight is 311 g/mol. The predicted molar refractivity (Wildman–Crippen MR) is 71.2 cm³/mol. The topological polar surface area (TPSA) is 118 Å². The zero-order chi connectivity index (χ0) is 15.6. The Bertz CT molecular complexity index is 744. The second-order valence-electron chi connectivity index (χ2n) is 4.29. The molecule has 0 bridgehead atoms. The van der Waals surface area contributed by atoms with Crippen molar-refractivity contribution in [2.45, 2.75) is 17.9 Å². The molecule has 0 amide bonds. The van der Waals surface area contributed by atoms with Crippen LogP contribution >= 0.6 is 0 Å². The highest BCUT2D eigenvalue weighted by Gasteiger charge is 2.29. The Balaban J connectivity index is 2.42. The Morgan fingerprint density at radius 1 is 1.43 bits per heavy atom. The van der Waals surface area contributed by atoms with Gasteiger partial charge in [-0.25, -0.2) is 13.1 Å². The van der Waals surface area contributed by atoms with Crippen LogP contribution in [-0.2, 0) is 14.8 Å². The first-order valence-electron chi connectivity index (χ1n) is 5.88. The summed E-state index contributed by atoms with van der Waals surface area (Å²) in [5, 5.41) is 19.5. The molecule has 2 aromatic rings. The Hall–Kier alpha value is -2.33. The van der Waals surface area contributed by atoms with E-state index in [0.29, 0.717) is 5.69 Å². The van der Waals surface area contributed by atoms with E-state index >= 15 is 0 Å². The summed E-state index contributed by atoms with van der Waals surface area (Å²) in [5.41, 5.74) is 0.456. The van der Waals surface area contributed by atoms with E-state index < -0.39 is 22.0 Å². The number of carboxylic acids is 1. The maximum atomic E-state index is 12.4. The highest BCUT2D eigenvalue weighted by molar-refractivity contribution is 7.89. The van der Waals surface area contributed by atoms with Gasteiger partial charge < -0.3 is 5.11 Å². The van der Waals surface area contributed by atoms with Gasteiger partial charge in [0.1, 0.15) is 12.4 Å². The van der Waals surface area contributed by atoms with E-state index in [2.05, 4.69) is 15.5 Å². The van der Waals surface area contributed by atoms with Crippen LogP contribution in [0.15, 0.2) is 35.5 Å². The minimum absolute atomic E-state index is 0.0360. The van der Waals surface area contributed by atoms with Crippen molar-refractivity contribution in [3.8, 4) is 5.69 Å². The van der Waals surface area contributed by atoms with Crippen molar-refractivity contribution in [2.24, 2.45) is 0 Å². The molecule has 0 saturated heterocycles. The second kappa shape index (κ2) is 5.58. The number of nitrogens with zero attached hydrogens (tertiary/aromatic N) is 5. The van der Waals surface area contributed by atoms with Crippen molar-refractivity contribution in [2.75, 3.05) is 7.05 Å². The molecule has 0 aliphatic rings. The number of likely N-dealkylation sites (N-methyl/N-ethyl adjacent to an activating group) is 1. The Labute approximate surface area is 120 Å². The molecule has 1 N–H and O–H groups in total. The van der Waals surface area contributed by atoms with E-state index in [0.717, 1.165) is 4.31 Å². The molecule has 0 aliphatic carbocycles. The van der Waals surface area contributed by atoms with Crippen LogP contribution in [0.25, 0.3) is 5.69 Å². The fourth-order valence-electron chi connectivity index (χ4n) is 1.60. The van der Waals surface area contributed by atoms with Crippen LogP contribution < -0.4 is 0 Å². The molecule has 9 nitrogen and oxygen atoms in total. The van der Waals surface area contributed by atoms with Gasteiger partial charge in [0.2, 0.25) is 10.0 Å². The first kappa shape index (κ1) is 15.1. The van der Waals surface area contributed by atoms with Gasteiger partial charge in [0.25, 0.3) is 0 Å². The smallest absolute Gasteiger partial charge is 0.321 e. The highest BCUT2D eigenvalue weighted by atomic mass is 32.2. The van der Waals surface area contributed by atoms with E-state index in [1.165, 1.54) is 43.2 Å². The van der Waals surface area contributed by atoms with Gasteiger partial charge in [0.15, 0.2) is 0 Å². The number of tetrazole rings is 1. The van der Waals surface area contributed by atoms with Gasteiger partial charge in [-0.15, -0.1) is 5.10 Å². The number of sulfonamides is 1. The van der Waals surface area contributed by atoms with E-state index in [4.69, 9.17) is 5.11 Å². The maximum Gasteiger partial charge on any atom is 0.321 e. The van der Waals surface area contributed by atoms with Crippen LogP contribution in [0, 0.1) is 0 Å². The van der Waals surface area contributed by atoms with Gasteiger partial charge in [-0.1, -0.05) is 6.07 Å². The third-order valence-corrected chi connectivity index (χ3v) is 4.94. The third-order valence-electron chi connectivity index (χ3n) is 3.01. The Kier molecular flexibility index (Phi) is 4.00. The quantitative estimate of drug-likeness (QED) is 0.809. The molecule has 0 aliphatic heterocycles. The molecule has 0 spiro atoms. The predicted octanol–water partition coefficient (Wildman–Crippen LogP) is -0.244.